The van der Waals surface area contributed by atoms with Crippen LogP contribution in [0, 0.1) is 0 Å². The van der Waals surface area contributed by atoms with E-state index in [1.54, 1.807) is 7.11 Å². The van der Waals surface area contributed by atoms with Gasteiger partial charge >= 0.3 is 6.36 Å². The van der Waals surface area contributed by atoms with E-state index in [2.05, 4.69) is 10.1 Å². The monoisotopic (exact) mass is 348 g/mol. The Morgan fingerprint density at radius 2 is 1.83 bits per heavy atom. The van der Waals surface area contributed by atoms with Gasteiger partial charge in [-0.25, -0.2) is 0 Å². The first-order chi connectivity index (χ1) is 11.2. The predicted molar refractivity (Wildman–Crippen MR) is 79.6 cm³/mol. The van der Waals surface area contributed by atoms with E-state index < -0.39 is 18.0 Å². The van der Waals surface area contributed by atoms with Crippen LogP contribution < -0.4 is 10.1 Å². The largest absolute Gasteiger partial charge is 0.573 e. The van der Waals surface area contributed by atoms with Crippen LogP contribution in [0.2, 0.25) is 0 Å². The summed E-state index contributed by atoms with van der Waals surface area (Å²) in [7, 11) is 2.98. The molecule has 9 heteroatoms. The summed E-state index contributed by atoms with van der Waals surface area (Å²) in [5, 5.41) is 2.63. The minimum Gasteiger partial charge on any atom is -0.406 e. The average molecular weight is 348 g/mol. The smallest absolute Gasteiger partial charge is 0.406 e. The first-order valence-electron chi connectivity index (χ1n) is 7.10. The number of likely N-dealkylation sites (N-methyl/N-ethyl adjacent to an activating group) is 1. The fraction of sp³-hybridized carbons (Fsp3) is 0.467. The Labute approximate surface area is 137 Å². The van der Waals surface area contributed by atoms with Gasteiger partial charge in [0.1, 0.15) is 5.75 Å². The summed E-state index contributed by atoms with van der Waals surface area (Å²) in [4.78, 5) is 25.0. The highest BCUT2D eigenvalue weighted by atomic mass is 19.4. The zero-order valence-electron chi connectivity index (χ0n) is 13.4. The molecule has 0 fully saturated rings. The number of amides is 2. The van der Waals surface area contributed by atoms with Crippen LogP contribution in [0.3, 0.4) is 0 Å². The molecule has 1 aromatic carbocycles. The molecule has 0 spiro atoms. The quantitative estimate of drug-likeness (QED) is 0.728. The minimum atomic E-state index is -4.79. The molecule has 0 aliphatic heterocycles. The Morgan fingerprint density at radius 1 is 1.21 bits per heavy atom. The highest BCUT2D eigenvalue weighted by Crippen LogP contribution is 2.22. The molecule has 0 saturated carbocycles. The van der Waals surface area contributed by atoms with E-state index in [9.17, 15) is 22.8 Å². The Balaban J connectivity index is 2.51. The van der Waals surface area contributed by atoms with Gasteiger partial charge in [0.2, 0.25) is 5.91 Å². The molecule has 134 valence electrons. The number of methoxy groups -OCH3 is 1. The van der Waals surface area contributed by atoms with Crippen molar-refractivity contribution in [2.75, 3.05) is 33.9 Å². The molecule has 0 radical (unpaired) electrons. The maximum Gasteiger partial charge on any atom is 0.573 e. The second kappa shape index (κ2) is 9.11. The van der Waals surface area contributed by atoms with Gasteiger partial charge in [0, 0.05) is 32.9 Å². The average Bonchev–Trinajstić information content (AvgIpc) is 2.50. The van der Waals surface area contributed by atoms with Gasteiger partial charge in [-0.2, -0.15) is 0 Å². The van der Waals surface area contributed by atoms with Crippen molar-refractivity contribution >= 4 is 11.8 Å². The summed E-state index contributed by atoms with van der Waals surface area (Å²) >= 11 is 0. The molecule has 0 aromatic heterocycles. The summed E-state index contributed by atoms with van der Waals surface area (Å²) < 4.78 is 44.8. The van der Waals surface area contributed by atoms with Gasteiger partial charge in [-0.3, -0.25) is 9.59 Å². The fourth-order valence-electron chi connectivity index (χ4n) is 1.81. The number of nitrogens with zero attached hydrogens (tertiary/aromatic N) is 1. The summed E-state index contributed by atoms with van der Waals surface area (Å²) in [6.45, 7) is 0.784. The van der Waals surface area contributed by atoms with E-state index in [0.29, 0.717) is 19.6 Å². The summed E-state index contributed by atoms with van der Waals surface area (Å²) in [5.74, 6) is -1.24. The van der Waals surface area contributed by atoms with Gasteiger partial charge in [0.25, 0.3) is 5.91 Å². The number of alkyl halides is 3. The number of hydrogen-bond acceptors (Lipinski definition) is 4. The standard InChI is InChI=1S/C15H19F3N2O4/c1-20(10-13(21)19-8-3-9-23-2)14(22)11-4-6-12(7-5-11)24-15(16,17)18/h4-7H,3,8-10H2,1-2H3,(H,19,21). The third-order valence-corrected chi connectivity index (χ3v) is 2.91. The molecule has 0 heterocycles. The maximum absolute atomic E-state index is 12.1. The number of halogens is 3. The molecule has 1 N–H and O–H groups in total. The number of carbonyl (C=O) groups excluding carboxylic acids is 2. The van der Waals surface area contributed by atoms with Crippen molar-refractivity contribution in [3.8, 4) is 5.75 Å². The first kappa shape index (κ1) is 19.8. The van der Waals surface area contributed by atoms with Gasteiger partial charge in [-0.15, -0.1) is 13.2 Å². The molecular formula is C15H19F3N2O4. The molecular weight excluding hydrogens is 329 g/mol. The molecule has 0 atom stereocenters. The zero-order chi connectivity index (χ0) is 18.2. The lowest BCUT2D eigenvalue weighted by molar-refractivity contribution is -0.274. The maximum atomic E-state index is 12.1. The van der Waals surface area contributed by atoms with Crippen molar-refractivity contribution in [1.29, 1.82) is 0 Å². The van der Waals surface area contributed by atoms with E-state index in [-0.39, 0.29) is 18.0 Å². The Kier molecular flexibility index (Phi) is 7.50. The minimum absolute atomic E-state index is 0.152. The Bertz CT molecular complexity index is 547. The fourth-order valence-corrected chi connectivity index (χ4v) is 1.81. The van der Waals surface area contributed by atoms with Crippen LogP contribution in [0.1, 0.15) is 16.8 Å². The third kappa shape index (κ3) is 7.32. The van der Waals surface area contributed by atoms with Crippen LogP contribution in [0.15, 0.2) is 24.3 Å². The number of hydrogen-bond donors (Lipinski definition) is 1. The van der Waals surface area contributed by atoms with Crippen molar-refractivity contribution in [3.05, 3.63) is 29.8 Å². The number of rotatable bonds is 8. The molecule has 0 saturated heterocycles. The van der Waals surface area contributed by atoms with Crippen molar-refractivity contribution in [3.63, 3.8) is 0 Å². The molecule has 24 heavy (non-hydrogen) atoms. The van der Waals surface area contributed by atoms with Crippen LogP contribution in [0.5, 0.6) is 5.75 Å². The Morgan fingerprint density at radius 3 is 2.38 bits per heavy atom. The number of carbonyl (C=O) groups is 2. The van der Waals surface area contributed by atoms with Crippen molar-refractivity contribution in [2.24, 2.45) is 0 Å². The lowest BCUT2D eigenvalue weighted by Crippen LogP contribution is -2.38. The highest BCUT2D eigenvalue weighted by Gasteiger charge is 2.31. The number of benzene rings is 1. The van der Waals surface area contributed by atoms with Gasteiger partial charge < -0.3 is 19.7 Å². The van der Waals surface area contributed by atoms with Crippen molar-refractivity contribution in [2.45, 2.75) is 12.8 Å². The SMILES string of the molecule is COCCCNC(=O)CN(C)C(=O)c1ccc(OC(F)(F)F)cc1. The van der Waals surface area contributed by atoms with Crippen LogP contribution in [-0.4, -0.2) is 56.9 Å². The van der Waals surface area contributed by atoms with Crippen LogP contribution in [-0.2, 0) is 9.53 Å². The molecule has 2 amide bonds. The van der Waals surface area contributed by atoms with E-state index in [1.165, 1.54) is 24.1 Å². The van der Waals surface area contributed by atoms with Crippen LogP contribution in [0.4, 0.5) is 13.2 Å². The first-order valence-corrected chi connectivity index (χ1v) is 7.10. The lowest BCUT2D eigenvalue weighted by Gasteiger charge is -2.17. The van der Waals surface area contributed by atoms with E-state index in [4.69, 9.17) is 4.74 Å². The second-order valence-electron chi connectivity index (χ2n) is 4.93. The molecule has 0 bridgehead atoms. The third-order valence-electron chi connectivity index (χ3n) is 2.91. The normalized spacial score (nSPS) is 11.0. The summed E-state index contributed by atoms with van der Waals surface area (Å²) in [6, 6.07) is 4.49. The number of ether oxygens (including phenoxy) is 2. The highest BCUT2D eigenvalue weighted by molar-refractivity contribution is 5.96. The number of nitrogens with one attached hydrogen (secondary N) is 1. The van der Waals surface area contributed by atoms with Crippen LogP contribution in [0.25, 0.3) is 0 Å². The molecule has 1 aromatic rings. The molecule has 0 unspecified atom stereocenters. The van der Waals surface area contributed by atoms with Crippen molar-refractivity contribution in [1.82, 2.24) is 10.2 Å². The molecule has 0 aliphatic carbocycles. The molecule has 1 rings (SSSR count). The second-order valence-corrected chi connectivity index (χ2v) is 4.93. The lowest BCUT2D eigenvalue weighted by atomic mass is 10.2. The topological polar surface area (TPSA) is 67.9 Å². The molecule has 0 aliphatic rings. The van der Waals surface area contributed by atoms with Gasteiger partial charge in [-0.1, -0.05) is 0 Å². The molecule has 6 nitrogen and oxygen atoms in total. The predicted octanol–water partition coefficient (Wildman–Crippen LogP) is 1.81. The van der Waals surface area contributed by atoms with Crippen LogP contribution >= 0.6 is 0 Å². The summed E-state index contributed by atoms with van der Waals surface area (Å²) in [5.41, 5.74) is 0.152. The van der Waals surface area contributed by atoms with Gasteiger partial charge in [-0.05, 0) is 30.7 Å². The van der Waals surface area contributed by atoms with E-state index >= 15 is 0 Å². The Hall–Kier alpha value is -2.29. The van der Waals surface area contributed by atoms with E-state index in [1.807, 2.05) is 0 Å². The van der Waals surface area contributed by atoms with Gasteiger partial charge in [0.15, 0.2) is 0 Å². The van der Waals surface area contributed by atoms with Gasteiger partial charge in [0.05, 0.1) is 6.54 Å². The van der Waals surface area contributed by atoms with Crippen molar-refractivity contribution < 1.29 is 32.2 Å². The summed E-state index contributed by atoms with van der Waals surface area (Å²) in [6.07, 6.45) is -4.14. The van der Waals surface area contributed by atoms with E-state index in [0.717, 1.165) is 12.1 Å². The zero-order valence-corrected chi connectivity index (χ0v) is 13.4.